The summed E-state index contributed by atoms with van der Waals surface area (Å²) in [5.74, 6) is 1.07. The molecule has 2 aromatic heterocycles. The van der Waals surface area contributed by atoms with Gasteiger partial charge in [-0.15, -0.1) is 0 Å². The molecule has 3 heterocycles. The van der Waals surface area contributed by atoms with Crippen molar-refractivity contribution in [3.05, 3.63) is 82.7 Å². The summed E-state index contributed by atoms with van der Waals surface area (Å²) < 4.78 is 5.22. The van der Waals surface area contributed by atoms with E-state index in [1.807, 2.05) is 38.1 Å². The van der Waals surface area contributed by atoms with Gasteiger partial charge in [0.2, 0.25) is 0 Å². The lowest BCUT2D eigenvalue weighted by atomic mass is 10.0. The van der Waals surface area contributed by atoms with E-state index in [-0.39, 0.29) is 18.6 Å². The molecule has 0 spiro atoms. The topological polar surface area (TPSA) is 109 Å². The molecule has 0 radical (unpaired) electrons. The highest BCUT2D eigenvalue weighted by Crippen LogP contribution is 2.37. The fourth-order valence-corrected chi connectivity index (χ4v) is 4.78. The molecule has 1 atom stereocenters. The van der Waals surface area contributed by atoms with Crippen molar-refractivity contribution in [2.75, 3.05) is 24.2 Å². The Bertz CT molecular complexity index is 1350. The van der Waals surface area contributed by atoms with E-state index in [1.165, 1.54) is 5.56 Å². The van der Waals surface area contributed by atoms with Gasteiger partial charge in [-0.3, -0.25) is 9.69 Å². The molecule has 1 aliphatic heterocycles. The third kappa shape index (κ3) is 5.12. The summed E-state index contributed by atoms with van der Waals surface area (Å²) in [6.45, 7) is 5.70. The number of nitrogens with one attached hydrogen (secondary N) is 2. The molecule has 0 bridgehead atoms. The average Bonchev–Trinajstić information content (AvgIpc) is 3.41. The number of nitrogens with two attached hydrogens (primary N) is 1. The highest BCUT2D eigenvalue weighted by atomic mass is 16.5. The van der Waals surface area contributed by atoms with Gasteiger partial charge in [-0.05, 0) is 49.1 Å². The van der Waals surface area contributed by atoms with Gasteiger partial charge in [-0.1, -0.05) is 42.5 Å². The van der Waals surface area contributed by atoms with Crippen LogP contribution in [0.15, 0.2) is 54.6 Å². The van der Waals surface area contributed by atoms with E-state index in [2.05, 4.69) is 55.5 Å². The van der Waals surface area contributed by atoms with Crippen molar-refractivity contribution < 1.29 is 9.53 Å². The molecule has 180 valence electrons. The molecule has 0 aliphatic carbocycles. The molecule has 5 rings (SSSR count). The lowest BCUT2D eigenvalue weighted by Crippen LogP contribution is -2.30. The first-order chi connectivity index (χ1) is 17.0. The summed E-state index contributed by atoms with van der Waals surface area (Å²) in [6, 6.07) is 18.7. The van der Waals surface area contributed by atoms with Crippen LogP contribution in [0, 0.1) is 6.92 Å². The first-order valence-corrected chi connectivity index (χ1v) is 11.9. The number of aromatic nitrogens is 3. The molecular formula is C27H30N6O2. The Balaban J connectivity index is 1.35. The SMILES string of the molecule is CCOC(=O)CN(Cc1ccccc1)Cc1ccc2c(c1)CC(c1cc(N)nc3nc(C)[nH]c13)N2. The number of rotatable bonds is 8. The van der Waals surface area contributed by atoms with Crippen LogP contribution in [0.4, 0.5) is 11.5 Å². The highest BCUT2D eigenvalue weighted by molar-refractivity contribution is 5.79. The number of ether oxygens (including phenoxy) is 1. The number of nitrogens with zero attached hydrogens (tertiary/aromatic N) is 3. The Kier molecular flexibility index (Phi) is 6.37. The number of pyridine rings is 1. The molecule has 2 aromatic carbocycles. The third-order valence-electron chi connectivity index (χ3n) is 6.24. The second-order valence-electron chi connectivity index (χ2n) is 8.99. The number of esters is 1. The zero-order valence-corrected chi connectivity index (χ0v) is 20.0. The van der Waals surface area contributed by atoms with Crippen molar-refractivity contribution >= 4 is 28.6 Å². The van der Waals surface area contributed by atoms with Gasteiger partial charge in [0.15, 0.2) is 5.65 Å². The minimum atomic E-state index is -0.208. The number of aromatic amines is 1. The average molecular weight is 471 g/mol. The van der Waals surface area contributed by atoms with Gasteiger partial charge in [-0.25, -0.2) is 9.97 Å². The number of hydrogen-bond acceptors (Lipinski definition) is 7. The number of hydrogen-bond donors (Lipinski definition) is 3. The van der Waals surface area contributed by atoms with Gasteiger partial charge in [0, 0.05) is 24.3 Å². The number of H-pyrrole nitrogens is 1. The number of imidazole rings is 1. The Morgan fingerprint density at radius 1 is 1.11 bits per heavy atom. The van der Waals surface area contributed by atoms with Gasteiger partial charge in [0.25, 0.3) is 0 Å². The lowest BCUT2D eigenvalue weighted by molar-refractivity contribution is -0.144. The Labute approximate surface area is 204 Å². The second-order valence-corrected chi connectivity index (χ2v) is 8.99. The smallest absolute Gasteiger partial charge is 0.320 e. The van der Waals surface area contributed by atoms with Gasteiger partial charge in [0.05, 0.1) is 24.7 Å². The maximum atomic E-state index is 12.3. The van der Waals surface area contributed by atoms with Gasteiger partial charge in [0.1, 0.15) is 11.6 Å². The maximum absolute atomic E-state index is 12.3. The Morgan fingerprint density at radius 3 is 2.71 bits per heavy atom. The molecule has 0 fully saturated rings. The monoisotopic (exact) mass is 470 g/mol. The first-order valence-electron chi connectivity index (χ1n) is 11.9. The number of carbonyl (C=O) groups is 1. The molecule has 0 amide bonds. The number of aryl methyl sites for hydroxylation is 1. The maximum Gasteiger partial charge on any atom is 0.320 e. The molecule has 4 N–H and O–H groups in total. The van der Waals surface area contributed by atoms with Crippen LogP contribution in [0.25, 0.3) is 11.2 Å². The Hall–Kier alpha value is -3.91. The van der Waals surface area contributed by atoms with Crippen LogP contribution in [0.1, 0.15) is 41.0 Å². The molecule has 1 unspecified atom stereocenters. The lowest BCUT2D eigenvalue weighted by Gasteiger charge is -2.22. The third-order valence-corrected chi connectivity index (χ3v) is 6.24. The van der Waals surface area contributed by atoms with E-state index in [1.54, 1.807) is 0 Å². The van der Waals surface area contributed by atoms with E-state index in [0.717, 1.165) is 40.1 Å². The molecule has 0 saturated carbocycles. The molecule has 4 aromatic rings. The molecule has 35 heavy (non-hydrogen) atoms. The number of nitrogen functional groups attached to an aromatic ring is 1. The number of carbonyl (C=O) groups excluding carboxylic acids is 1. The van der Waals surface area contributed by atoms with Crippen LogP contribution in [-0.2, 0) is 29.0 Å². The predicted octanol–water partition coefficient (Wildman–Crippen LogP) is 4.12. The molecule has 8 nitrogen and oxygen atoms in total. The van der Waals surface area contributed by atoms with E-state index in [4.69, 9.17) is 10.5 Å². The highest BCUT2D eigenvalue weighted by Gasteiger charge is 2.26. The van der Waals surface area contributed by atoms with Crippen molar-refractivity contribution in [2.45, 2.75) is 39.4 Å². The van der Waals surface area contributed by atoms with Crippen LogP contribution >= 0.6 is 0 Å². The van der Waals surface area contributed by atoms with E-state index < -0.39 is 0 Å². The van der Waals surface area contributed by atoms with E-state index in [9.17, 15) is 4.79 Å². The van der Waals surface area contributed by atoms with Crippen LogP contribution in [0.3, 0.4) is 0 Å². The fourth-order valence-electron chi connectivity index (χ4n) is 4.78. The standard InChI is InChI=1S/C27H30N6O2/c1-3-35-25(34)16-33(14-18-7-5-4-6-8-18)15-19-9-10-22-20(11-19)12-23(31-22)21-13-24(28)32-27-26(21)29-17(2)30-27/h4-11,13,23,31H,3,12,14-16H2,1-2H3,(H3,28,29,30,32). The normalized spacial score (nSPS) is 14.8. The quantitative estimate of drug-likeness (QED) is 0.332. The minimum Gasteiger partial charge on any atom is -0.465 e. The second kappa shape index (κ2) is 9.76. The summed E-state index contributed by atoms with van der Waals surface area (Å²) >= 11 is 0. The van der Waals surface area contributed by atoms with Crippen molar-refractivity contribution in [1.29, 1.82) is 0 Å². The zero-order chi connectivity index (χ0) is 24.4. The number of fused-ring (bicyclic) bond motifs is 2. The van der Waals surface area contributed by atoms with Crippen LogP contribution in [0.2, 0.25) is 0 Å². The summed E-state index contributed by atoms with van der Waals surface area (Å²) in [5, 5.41) is 3.63. The summed E-state index contributed by atoms with van der Waals surface area (Å²) in [4.78, 5) is 26.5. The van der Waals surface area contributed by atoms with Crippen molar-refractivity contribution in [1.82, 2.24) is 19.9 Å². The minimum absolute atomic E-state index is 0.0767. The van der Waals surface area contributed by atoms with E-state index in [0.29, 0.717) is 31.2 Å². The van der Waals surface area contributed by atoms with Crippen molar-refractivity contribution in [3.63, 3.8) is 0 Å². The first kappa shape index (κ1) is 22.9. The molecule has 1 aliphatic rings. The van der Waals surface area contributed by atoms with Crippen LogP contribution in [-0.4, -0.2) is 39.0 Å². The van der Waals surface area contributed by atoms with Gasteiger partial charge in [-0.2, -0.15) is 0 Å². The molecular weight excluding hydrogens is 440 g/mol. The van der Waals surface area contributed by atoms with Crippen LogP contribution < -0.4 is 11.1 Å². The Morgan fingerprint density at radius 2 is 1.91 bits per heavy atom. The number of benzene rings is 2. The van der Waals surface area contributed by atoms with Gasteiger partial charge < -0.3 is 20.8 Å². The largest absolute Gasteiger partial charge is 0.465 e. The van der Waals surface area contributed by atoms with Crippen molar-refractivity contribution in [2.24, 2.45) is 0 Å². The zero-order valence-electron chi connectivity index (χ0n) is 20.0. The summed E-state index contributed by atoms with van der Waals surface area (Å²) in [6.07, 6.45) is 0.830. The van der Waals surface area contributed by atoms with Crippen molar-refractivity contribution in [3.8, 4) is 0 Å². The molecule has 0 saturated heterocycles. The number of anilines is 2. The van der Waals surface area contributed by atoms with Gasteiger partial charge >= 0.3 is 5.97 Å². The van der Waals surface area contributed by atoms with E-state index >= 15 is 0 Å². The fraction of sp³-hybridized carbons (Fsp3) is 0.296. The molecule has 8 heteroatoms. The predicted molar refractivity (Wildman–Crippen MR) is 137 cm³/mol. The van der Waals surface area contributed by atoms with Crippen LogP contribution in [0.5, 0.6) is 0 Å². The summed E-state index contributed by atoms with van der Waals surface area (Å²) in [5.41, 5.74) is 13.4. The summed E-state index contributed by atoms with van der Waals surface area (Å²) in [7, 11) is 0.